The fourth-order valence-corrected chi connectivity index (χ4v) is 4.94. The van der Waals surface area contributed by atoms with Gasteiger partial charge in [-0.25, -0.2) is 4.79 Å². The smallest absolute Gasteiger partial charge is 0.408 e. The van der Waals surface area contributed by atoms with Crippen LogP contribution >= 0.6 is 48.0 Å². The van der Waals surface area contributed by atoms with Crippen molar-refractivity contribution in [2.75, 3.05) is 16.0 Å². The predicted molar refractivity (Wildman–Crippen MR) is 224 cm³/mol. The number of alkyl halides is 2. The molecular formula is C40H42Cl4N6O4. The van der Waals surface area contributed by atoms with Crippen LogP contribution in [0.2, 0.25) is 0 Å². The number of carbonyl (C=O) groups excluding carboxylic acids is 3. The molecule has 2 aromatic heterocycles. The number of nitrogens with one attached hydrogen (secondary N) is 3. The summed E-state index contributed by atoms with van der Waals surface area (Å²) in [4.78, 5) is 45.6. The van der Waals surface area contributed by atoms with Crippen molar-refractivity contribution in [3.05, 3.63) is 145 Å². The molecule has 0 bridgehead atoms. The van der Waals surface area contributed by atoms with Gasteiger partial charge in [-0.2, -0.15) is 0 Å². The van der Waals surface area contributed by atoms with Gasteiger partial charge >= 0.3 is 6.09 Å². The molecule has 3 amide bonds. The summed E-state index contributed by atoms with van der Waals surface area (Å²) in [6.45, 7) is 5.32. The van der Waals surface area contributed by atoms with Crippen LogP contribution in [0.15, 0.2) is 134 Å². The van der Waals surface area contributed by atoms with Gasteiger partial charge in [-0.3, -0.25) is 19.6 Å². The molecule has 5 N–H and O–H groups in total. The zero-order chi connectivity index (χ0) is 37.5. The first kappa shape index (κ1) is 45.2. The monoisotopic (exact) mass is 810 g/mol. The van der Waals surface area contributed by atoms with Gasteiger partial charge in [-0.1, -0.05) is 72.8 Å². The Morgan fingerprint density at radius 1 is 0.667 bits per heavy atom. The molecule has 0 aliphatic carbocycles. The number of hydrogen-bond donors (Lipinski definition) is 4. The third-order valence-corrected chi connectivity index (χ3v) is 7.31. The summed E-state index contributed by atoms with van der Waals surface area (Å²) in [6, 6.07) is 31.8. The van der Waals surface area contributed by atoms with Crippen molar-refractivity contribution >= 4 is 98.8 Å². The first-order valence-electron chi connectivity index (χ1n) is 16.2. The molecule has 10 nitrogen and oxygen atoms in total. The van der Waals surface area contributed by atoms with Crippen LogP contribution in [0.3, 0.4) is 0 Å². The van der Waals surface area contributed by atoms with Gasteiger partial charge in [0.1, 0.15) is 17.7 Å². The van der Waals surface area contributed by atoms with Gasteiger partial charge in [-0.05, 0) is 79.1 Å². The molecule has 0 fully saturated rings. The van der Waals surface area contributed by atoms with Gasteiger partial charge in [0.05, 0.1) is 5.34 Å². The highest BCUT2D eigenvalue weighted by Crippen LogP contribution is 2.22. The topological polar surface area (TPSA) is 148 Å². The Morgan fingerprint density at radius 3 is 1.57 bits per heavy atom. The number of nitrogens with zero attached hydrogens (tertiary/aromatic N) is 2. The standard InChI is InChI=1S/C22H23N3O3.C17H15N3O.CH2Cl2.2ClH/c1-22(2,3)28-21(27)25-19(15-7-5-4-6-8-15)20(26)24-18-10-9-17-14-23-12-11-16(17)13-18;18-16(12-4-2-1-3-5-12)17(21)20-15-7-6-14-11-19-9-8-13(14)10-15;2-1-3;;/h4-14,19H,1-3H3,(H,24,26)(H,25,27);1-11,16H,18H2,(H,20,21);1H2;2*1H/t19-;16-;;;/m11.../s1. The van der Waals surface area contributed by atoms with Crippen LogP contribution in [-0.2, 0) is 14.3 Å². The minimum atomic E-state index is -0.885. The van der Waals surface area contributed by atoms with Gasteiger partial charge < -0.3 is 26.4 Å². The maximum absolute atomic E-state index is 13.0. The van der Waals surface area contributed by atoms with Crippen LogP contribution in [0.25, 0.3) is 21.5 Å². The minimum absolute atomic E-state index is 0. The number of alkyl carbamates (subject to hydrolysis) is 1. The Kier molecular flexibility index (Phi) is 18.7. The predicted octanol–water partition coefficient (Wildman–Crippen LogP) is 9.58. The fraction of sp³-hybridized carbons (Fsp3) is 0.175. The van der Waals surface area contributed by atoms with Crippen LogP contribution in [0.1, 0.15) is 44.0 Å². The second-order valence-electron chi connectivity index (χ2n) is 12.3. The van der Waals surface area contributed by atoms with E-state index in [1.807, 2.05) is 91.0 Å². The van der Waals surface area contributed by atoms with Crippen molar-refractivity contribution in [1.82, 2.24) is 15.3 Å². The Bertz CT molecular complexity index is 2090. The molecule has 6 aromatic rings. The Labute approximate surface area is 337 Å². The molecule has 6 rings (SSSR count). The second-order valence-corrected chi connectivity index (χ2v) is 13.1. The summed E-state index contributed by atoms with van der Waals surface area (Å²) in [5.41, 5.74) is 8.13. The third-order valence-electron chi connectivity index (χ3n) is 7.31. The number of rotatable bonds is 7. The number of fused-ring (bicyclic) bond motifs is 2. The van der Waals surface area contributed by atoms with Crippen LogP contribution < -0.4 is 21.7 Å². The van der Waals surface area contributed by atoms with E-state index in [1.165, 1.54) is 0 Å². The number of carbonyl (C=O) groups is 3. The zero-order valence-corrected chi connectivity index (χ0v) is 32.9. The quantitative estimate of drug-likeness (QED) is 0.117. The maximum Gasteiger partial charge on any atom is 0.408 e. The van der Waals surface area contributed by atoms with E-state index in [4.69, 9.17) is 33.7 Å². The normalized spacial score (nSPS) is 11.4. The lowest BCUT2D eigenvalue weighted by Crippen LogP contribution is -2.40. The van der Waals surface area contributed by atoms with Gasteiger partial charge in [0, 0.05) is 46.9 Å². The number of benzene rings is 4. The van der Waals surface area contributed by atoms with E-state index >= 15 is 0 Å². The van der Waals surface area contributed by atoms with Crippen molar-refractivity contribution < 1.29 is 19.1 Å². The van der Waals surface area contributed by atoms with Gasteiger partial charge in [0.2, 0.25) is 5.91 Å². The van der Waals surface area contributed by atoms with Crippen molar-refractivity contribution in [2.24, 2.45) is 5.73 Å². The number of pyridine rings is 2. The first-order chi connectivity index (χ1) is 25.0. The summed E-state index contributed by atoms with van der Waals surface area (Å²) in [5, 5.41) is 12.6. The molecule has 54 heavy (non-hydrogen) atoms. The average molecular weight is 813 g/mol. The summed E-state index contributed by atoms with van der Waals surface area (Å²) in [6.07, 6.45) is 6.32. The molecule has 2 heterocycles. The first-order valence-corrected chi connectivity index (χ1v) is 17.3. The number of ether oxygens (including phenoxy) is 1. The lowest BCUT2D eigenvalue weighted by atomic mass is 10.1. The van der Waals surface area contributed by atoms with E-state index in [-0.39, 0.29) is 42.0 Å². The highest BCUT2D eigenvalue weighted by atomic mass is 35.5. The van der Waals surface area contributed by atoms with Crippen molar-refractivity contribution in [3.8, 4) is 0 Å². The van der Waals surface area contributed by atoms with E-state index < -0.39 is 23.8 Å². The zero-order valence-electron chi connectivity index (χ0n) is 29.7. The third kappa shape index (κ3) is 14.1. The Morgan fingerprint density at radius 2 is 1.11 bits per heavy atom. The molecule has 0 unspecified atom stereocenters. The molecule has 0 radical (unpaired) electrons. The molecular weight excluding hydrogens is 770 g/mol. The highest BCUT2D eigenvalue weighted by Gasteiger charge is 2.26. The minimum Gasteiger partial charge on any atom is -0.444 e. The van der Waals surface area contributed by atoms with Gasteiger partial charge in [0.15, 0.2) is 0 Å². The second kappa shape index (κ2) is 22.3. The van der Waals surface area contributed by atoms with E-state index in [0.29, 0.717) is 11.3 Å². The van der Waals surface area contributed by atoms with Crippen LogP contribution in [0, 0.1) is 0 Å². The summed E-state index contributed by atoms with van der Waals surface area (Å²) >= 11 is 9.53. The van der Waals surface area contributed by atoms with E-state index in [2.05, 4.69) is 25.9 Å². The molecule has 284 valence electrons. The van der Waals surface area contributed by atoms with E-state index in [9.17, 15) is 14.4 Å². The molecule has 0 saturated heterocycles. The molecule has 4 aromatic carbocycles. The molecule has 14 heteroatoms. The molecule has 0 saturated carbocycles. The number of nitrogens with two attached hydrogens (primary N) is 1. The Hall–Kier alpha value is -4.97. The average Bonchev–Trinajstić information content (AvgIpc) is 3.14. The summed E-state index contributed by atoms with van der Waals surface area (Å²) < 4.78 is 5.31. The number of hydrogen-bond acceptors (Lipinski definition) is 7. The lowest BCUT2D eigenvalue weighted by Gasteiger charge is -2.23. The summed E-state index contributed by atoms with van der Waals surface area (Å²) in [5.74, 6) is -0.583. The van der Waals surface area contributed by atoms with Crippen molar-refractivity contribution in [3.63, 3.8) is 0 Å². The van der Waals surface area contributed by atoms with Crippen LogP contribution in [-0.4, -0.2) is 38.8 Å². The summed E-state index contributed by atoms with van der Waals surface area (Å²) in [7, 11) is 0. The van der Waals surface area contributed by atoms with E-state index in [1.54, 1.807) is 63.8 Å². The van der Waals surface area contributed by atoms with Crippen molar-refractivity contribution in [1.29, 1.82) is 0 Å². The maximum atomic E-state index is 13.0. The Balaban J connectivity index is 0.000000347. The highest BCUT2D eigenvalue weighted by molar-refractivity contribution is 6.40. The van der Waals surface area contributed by atoms with Gasteiger partial charge in [0.25, 0.3) is 5.91 Å². The van der Waals surface area contributed by atoms with Gasteiger partial charge in [-0.15, -0.1) is 48.0 Å². The molecule has 2 atom stereocenters. The molecule has 0 aliphatic rings. The number of anilines is 2. The fourth-order valence-electron chi connectivity index (χ4n) is 4.94. The largest absolute Gasteiger partial charge is 0.444 e. The number of amides is 3. The van der Waals surface area contributed by atoms with E-state index in [0.717, 1.165) is 32.8 Å². The SMILES string of the molecule is CC(C)(C)OC(=O)N[C@@H](C(=O)Nc1ccc2cnccc2c1)c1ccccc1.Cl.Cl.ClCCl.N[C@@H](C(=O)Nc1ccc2cnccc2c1)c1ccccc1. The lowest BCUT2D eigenvalue weighted by molar-refractivity contribution is -0.118. The van der Waals surface area contributed by atoms with Crippen molar-refractivity contribution in [2.45, 2.75) is 38.5 Å². The number of halogens is 4. The van der Waals surface area contributed by atoms with Crippen LogP contribution in [0.4, 0.5) is 16.2 Å². The molecule has 0 aliphatic heterocycles. The number of aromatic nitrogens is 2. The van der Waals surface area contributed by atoms with Crippen LogP contribution in [0.5, 0.6) is 0 Å². The molecule has 0 spiro atoms.